The Morgan fingerprint density at radius 3 is 2.70 bits per heavy atom. The second kappa shape index (κ2) is 7.36. The lowest BCUT2D eigenvalue weighted by Crippen LogP contribution is -2.32. The van der Waals surface area contributed by atoms with E-state index < -0.39 is 0 Å². The number of hydrogen-bond acceptors (Lipinski definition) is 5. The fraction of sp³-hybridized carbons (Fsp3) is 0.150. The van der Waals surface area contributed by atoms with Crippen LogP contribution in [0.3, 0.4) is 0 Å². The lowest BCUT2D eigenvalue weighted by molar-refractivity contribution is -0.116. The molecule has 0 unspecified atom stereocenters. The largest absolute Gasteiger partial charge is 0.451 e. The van der Waals surface area contributed by atoms with Crippen LogP contribution in [-0.4, -0.2) is 28.2 Å². The lowest BCUT2D eigenvalue weighted by atomic mass is 10.2. The van der Waals surface area contributed by atoms with E-state index in [0.717, 1.165) is 16.5 Å². The summed E-state index contributed by atoms with van der Waals surface area (Å²) in [6.45, 7) is 2.38. The van der Waals surface area contributed by atoms with Crippen molar-refractivity contribution in [2.45, 2.75) is 11.9 Å². The number of amides is 1. The Balaban J connectivity index is 1.57. The molecule has 0 aliphatic carbocycles. The van der Waals surface area contributed by atoms with Gasteiger partial charge in [-0.3, -0.25) is 4.79 Å². The van der Waals surface area contributed by atoms with Crippen molar-refractivity contribution in [1.29, 1.82) is 0 Å². The third-order valence-electron chi connectivity index (χ3n) is 4.21. The number of fused-ring (bicyclic) bond motifs is 3. The molecule has 0 saturated heterocycles. The van der Waals surface area contributed by atoms with E-state index in [2.05, 4.69) is 9.97 Å². The molecular weight excluding hydrogens is 365 g/mol. The number of halogens is 1. The lowest BCUT2D eigenvalue weighted by Gasteiger charge is -2.20. The minimum Gasteiger partial charge on any atom is -0.451 e. The van der Waals surface area contributed by atoms with Gasteiger partial charge in [-0.2, -0.15) is 0 Å². The number of aromatic nitrogens is 2. The minimum absolute atomic E-state index is 0.0861. The Hall–Kier alpha value is -2.93. The zero-order chi connectivity index (χ0) is 18.8. The fourth-order valence-corrected chi connectivity index (χ4v) is 3.74. The molecule has 2 heterocycles. The van der Waals surface area contributed by atoms with E-state index in [4.69, 9.17) is 4.42 Å². The van der Waals surface area contributed by atoms with Crippen molar-refractivity contribution in [3.8, 4) is 0 Å². The topological polar surface area (TPSA) is 59.2 Å². The molecule has 0 bridgehead atoms. The molecule has 2 aromatic heterocycles. The van der Waals surface area contributed by atoms with Crippen molar-refractivity contribution < 1.29 is 13.6 Å². The predicted octanol–water partition coefficient (Wildman–Crippen LogP) is 4.66. The highest BCUT2D eigenvalue weighted by molar-refractivity contribution is 8.00. The van der Waals surface area contributed by atoms with Crippen LogP contribution in [0.2, 0.25) is 0 Å². The summed E-state index contributed by atoms with van der Waals surface area (Å²) in [4.78, 5) is 22.9. The van der Waals surface area contributed by atoms with Gasteiger partial charge in [0.15, 0.2) is 5.58 Å². The summed E-state index contributed by atoms with van der Waals surface area (Å²) in [7, 11) is 0. The van der Waals surface area contributed by atoms with Gasteiger partial charge < -0.3 is 9.32 Å². The summed E-state index contributed by atoms with van der Waals surface area (Å²) in [5.41, 5.74) is 2.73. The smallest absolute Gasteiger partial charge is 0.237 e. The van der Waals surface area contributed by atoms with Crippen LogP contribution in [0.4, 0.5) is 10.1 Å². The predicted molar refractivity (Wildman–Crippen MR) is 104 cm³/mol. The number of furan rings is 1. The molecule has 27 heavy (non-hydrogen) atoms. The highest BCUT2D eigenvalue weighted by Crippen LogP contribution is 2.32. The van der Waals surface area contributed by atoms with E-state index in [0.29, 0.717) is 22.8 Å². The summed E-state index contributed by atoms with van der Waals surface area (Å²) in [5, 5.41) is 1.55. The summed E-state index contributed by atoms with van der Waals surface area (Å²) < 4.78 is 19.0. The zero-order valence-corrected chi connectivity index (χ0v) is 15.4. The van der Waals surface area contributed by atoms with E-state index in [1.807, 2.05) is 31.2 Å². The zero-order valence-electron chi connectivity index (χ0n) is 14.6. The average Bonchev–Trinajstić information content (AvgIpc) is 3.08. The maximum Gasteiger partial charge on any atom is 0.237 e. The molecule has 0 atom stereocenters. The maximum atomic E-state index is 13.1. The molecular formula is C20H16FN3O2S. The van der Waals surface area contributed by atoms with Gasteiger partial charge in [-0.1, -0.05) is 23.9 Å². The SMILES string of the molecule is CCN(C(=O)CSc1ncnc2c1oc1ccccc12)c1ccc(F)cc1. The van der Waals surface area contributed by atoms with E-state index in [9.17, 15) is 9.18 Å². The number of rotatable bonds is 5. The Morgan fingerprint density at radius 1 is 1.15 bits per heavy atom. The molecule has 1 amide bonds. The number of anilines is 1. The van der Waals surface area contributed by atoms with Gasteiger partial charge >= 0.3 is 0 Å². The van der Waals surface area contributed by atoms with Gasteiger partial charge in [0.25, 0.3) is 0 Å². The normalized spacial score (nSPS) is 11.2. The number of para-hydroxylation sites is 1. The summed E-state index contributed by atoms with van der Waals surface area (Å²) >= 11 is 1.30. The number of nitrogens with zero attached hydrogens (tertiary/aromatic N) is 3. The van der Waals surface area contributed by atoms with E-state index in [-0.39, 0.29) is 17.5 Å². The summed E-state index contributed by atoms with van der Waals surface area (Å²) in [5.74, 6) is -0.226. The molecule has 0 aliphatic heterocycles. The molecule has 0 fully saturated rings. The summed E-state index contributed by atoms with van der Waals surface area (Å²) in [6.07, 6.45) is 1.48. The van der Waals surface area contributed by atoms with Crippen molar-refractivity contribution in [3.63, 3.8) is 0 Å². The quantitative estimate of drug-likeness (QED) is 0.372. The number of carbonyl (C=O) groups is 1. The molecule has 0 N–H and O–H groups in total. The first kappa shape index (κ1) is 17.5. The van der Waals surface area contributed by atoms with Crippen molar-refractivity contribution in [2.75, 3.05) is 17.2 Å². The Morgan fingerprint density at radius 2 is 1.93 bits per heavy atom. The molecule has 4 aromatic rings. The first-order chi connectivity index (χ1) is 13.2. The van der Waals surface area contributed by atoms with Crippen LogP contribution in [0, 0.1) is 5.82 Å². The van der Waals surface area contributed by atoms with Crippen LogP contribution in [-0.2, 0) is 4.79 Å². The van der Waals surface area contributed by atoms with Crippen LogP contribution in [0.15, 0.2) is 64.3 Å². The third kappa shape index (κ3) is 3.38. The van der Waals surface area contributed by atoms with Gasteiger partial charge in [0.05, 0.1) is 5.75 Å². The van der Waals surface area contributed by atoms with Crippen molar-refractivity contribution in [1.82, 2.24) is 9.97 Å². The second-order valence-corrected chi connectivity index (χ2v) is 6.82. The van der Waals surface area contributed by atoms with Crippen molar-refractivity contribution in [2.24, 2.45) is 0 Å². The van der Waals surface area contributed by atoms with E-state index in [1.54, 1.807) is 17.0 Å². The number of thioether (sulfide) groups is 1. The van der Waals surface area contributed by atoms with Crippen LogP contribution >= 0.6 is 11.8 Å². The van der Waals surface area contributed by atoms with E-state index in [1.165, 1.54) is 30.2 Å². The molecule has 0 saturated carbocycles. The van der Waals surface area contributed by atoms with Crippen molar-refractivity contribution in [3.05, 3.63) is 60.7 Å². The Labute approximate surface area is 159 Å². The number of hydrogen-bond donors (Lipinski definition) is 0. The third-order valence-corrected chi connectivity index (χ3v) is 5.17. The van der Waals surface area contributed by atoms with E-state index >= 15 is 0 Å². The molecule has 2 aromatic carbocycles. The van der Waals surface area contributed by atoms with Crippen LogP contribution in [0.25, 0.3) is 22.1 Å². The molecule has 5 nitrogen and oxygen atoms in total. The second-order valence-electron chi connectivity index (χ2n) is 5.86. The fourth-order valence-electron chi connectivity index (χ4n) is 2.94. The Kier molecular flexibility index (Phi) is 4.77. The van der Waals surface area contributed by atoms with Crippen LogP contribution in [0.5, 0.6) is 0 Å². The van der Waals surface area contributed by atoms with Gasteiger partial charge in [0.1, 0.15) is 28.3 Å². The van der Waals surface area contributed by atoms with Crippen molar-refractivity contribution >= 4 is 45.4 Å². The van der Waals surface area contributed by atoms with Crippen LogP contribution in [0.1, 0.15) is 6.92 Å². The molecule has 0 spiro atoms. The molecule has 7 heteroatoms. The number of benzene rings is 2. The highest BCUT2D eigenvalue weighted by Gasteiger charge is 2.18. The first-order valence-corrected chi connectivity index (χ1v) is 9.47. The Bertz CT molecular complexity index is 1110. The number of carbonyl (C=O) groups excluding carboxylic acids is 1. The van der Waals surface area contributed by atoms with Gasteiger partial charge in [0.2, 0.25) is 5.91 Å². The molecule has 0 aliphatic rings. The van der Waals surface area contributed by atoms with Gasteiger partial charge in [-0.25, -0.2) is 14.4 Å². The van der Waals surface area contributed by atoms with Crippen LogP contribution < -0.4 is 4.90 Å². The molecule has 136 valence electrons. The monoisotopic (exact) mass is 381 g/mol. The minimum atomic E-state index is -0.329. The first-order valence-electron chi connectivity index (χ1n) is 8.48. The van der Waals surface area contributed by atoms with Gasteiger partial charge in [0, 0.05) is 17.6 Å². The van der Waals surface area contributed by atoms with Gasteiger partial charge in [-0.05, 0) is 43.3 Å². The summed E-state index contributed by atoms with van der Waals surface area (Å²) in [6, 6.07) is 13.5. The van der Waals surface area contributed by atoms with Gasteiger partial charge in [-0.15, -0.1) is 0 Å². The average molecular weight is 381 g/mol. The molecule has 4 rings (SSSR count). The maximum absolute atomic E-state index is 13.1. The standard InChI is InChI=1S/C20H16FN3O2S/c1-2-24(14-9-7-13(21)8-10-14)17(25)11-27-20-19-18(22-12-23-20)15-5-3-4-6-16(15)26-19/h3-10,12H,2,11H2,1H3. The highest BCUT2D eigenvalue weighted by atomic mass is 32.2. The molecule has 0 radical (unpaired) electrons.